The monoisotopic (exact) mass is 313 g/mol. The van der Waals surface area contributed by atoms with Crippen molar-refractivity contribution >= 4 is 17.5 Å². The summed E-state index contributed by atoms with van der Waals surface area (Å²) in [5.41, 5.74) is -0.231. The molecule has 0 aromatic heterocycles. The lowest BCUT2D eigenvalue weighted by Crippen LogP contribution is -2.45. The molecule has 1 saturated heterocycles. The number of amides is 1. The zero-order chi connectivity index (χ0) is 15.6. The highest BCUT2D eigenvalue weighted by Crippen LogP contribution is 2.36. The SMILES string of the molecule is COc1cc(C(=O)N2CCC(C)(O)CC2)cc(Cl)c1OC. The largest absolute Gasteiger partial charge is 0.493 e. The molecule has 0 saturated carbocycles. The van der Waals surface area contributed by atoms with Crippen LogP contribution < -0.4 is 9.47 Å². The lowest BCUT2D eigenvalue weighted by atomic mass is 9.93. The van der Waals surface area contributed by atoms with Crippen molar-refractivity contribution in [3.05, 3.63) is 22.7 Å². The number of nitrogens with zero attached hydrogens (tertiary/aromatic N) is 1. The van der Waals surface area contributed by atoms with Gasteiger partial charge >= 0.3 is 0 Å². The molecule has 6 heteroatoms. The highest BCUT2D eigenvalue weighted by atomic mass is 35.5. The van der Waals surface area contributed by atoms with Crippen LogP contribution in [0.5, 0.6) is 11.5 Å². The van der Waals surface area contributed by atoms with E-state index in [0.29, 0.717) is 48.0 Å². The predicted octanol–water partition coefficient (Wildman–Crippen LogP) is 2.34. The van der Waals surface area contributed by atoms with Crippen molar-refractivity contribution in [2.45, 2.75) is 25.4 Å². The van der Waals surface area contributed by atoms with Gasteiger partial charge in [-0.1, -0.05) is 11.6 Å². The van der Waals surface area contributed by atoms with Crippen molar-refractivity contribution in [3.63, 3.8) is 0 Å². The van der Waals surface area contributed by atoms with Crippen molar-refractivity contribution in [3.8, 4) is 11.5 Å². The van der Waals surface area contributed by atoms with E-state index in [2.05, 4.69) is 0 Å². The number of benzene rings is 1. The standard InChI is InChI=1S/C15H20ClNO4/c1-15(19)4-6-17(7-5-15)14(18)10-8-11(16)13(21-3)12(9-10)20-2/h8-9,19H,4-7H2,1-3H3. The number of aliphatic hydroxyl groups is 1. The number of carbonyl (C=O) groups excluding carboxylic acids is 1. The minimum Gasteiger partial charge on any atom is -0.493 e. The first kappa shape index (κ1) is 15.9. The molecule has 0 aliphatic carbocycles. The van der Waals surface area contributed by atoms with Crippen molar-refractivity contribution in [2.75, 3.05) is 27.3 Å². The van der Waals surface area contributed by atoms with Crippen molar-refractivity contribution in [1.29, 1.82) is 0 Å². The van der Waals surface area contributed by atoms with Crippen LogP contribution in [-0.4, -0.2) is 48.8 Å². The first-order valence-electron chi connectivity index (χ1n) is 6.81. The Balaban J connectivity index is 2.22. The van der Waals surface area contributed by atoms with Gasteiger partial charge in [0.2, 0.25) is 0 Å². The van der Waals surface area contributed by atoms with Crippen LogP contribution >= 0.6 is 11.6 Å². The summed E-state index contributed by atoms with van der Waals surface area (Å²) in [6, 6.07) is 3.21. The number of carbonyl (C=O) groups is 1. The zero-order valence-electron chi connectivity index (χ0n) is 12.5. The number of ether oxygens (including phenoxy) is 2. The average Bonchev–Trinajstić information content (AvgIpc) is 2.45. The van der Waals surface area contributed by atoms with Crippen LogP contribution in [0.1, 0.15) is 30.1 Å². The van der Waals surface area contributed by atoms with E-state index in [1.807, 2.05) is 0 Å². The molecule has 1 amide bonds. The zero-order valence-corrected chi connectivity index (χ0v) is 13.2. The van der Waals surface area contributed by atoms with Crippen LogP contribution in [0, 0.1) is 0 Å². The molecule has 1 aliphatic rings. The fourth-order valence-electron chi connectivity index (χ4n) is 2.42. The minimum atomic E-state index is -0.688. The van der Waals surface area contributed by atoms with Gasteiger partial charge < -0.3 is 19.5 Å². The summed E-state index contributed by atoms with van der Waals surface area (Å²) >= 11 is 6.13. The Morgan fingerprint density at radius 2 is 1.90 bits per heavy atom. The molecule has 0 radical (unpaired) electrons. The lowest BCUT2D eigenvalue weighted by Gasteiger charge is -2.35. The highest BCUT2D eigenvalue weighted by Gasteiger charge is 2.30. The molecule has 1 N–H and O–H groups in total. The van der Waals surface area contributed by atoms with E-state index in [-0.39, 0.29) is 5.91 Å². The van der Waals surface area contributed by atoms with Crippen LogP contribution in [-0.2, 0) is 0 Å². The van der Waals surface area contributed by atoms with Gasteiger partial charge in [-0.3, -0.25) is 4.79 Å². The number of methoxy groups -OCH3 is 2. The van der Waals surface area contributed by atoms with Gasteiger partial charge in [0.05, 0.1) is 24.8 Å². The average molecular weight is 314 g/mol. The number of rotatable bonds is 3. The van der Waals surface area contributed by atoms with Crippen molar-refractivity contribution in [2.24, 2.45) is 0 Å². The topological polar surface area (TPSA) is 59.0 Å². The number of hydrogen-bond donors (Lipinski definition) is 1. The Bertz CT molecular complexity index is 535. The summed E-state index contributed by atoms with van der Waals surface area (Å²) in [7, 11) is 3.00. The molecule has 1 heterocycles. The summed E-state index contributed by atoms with van der Waals surface area (Å²) in [5, 5.41) is 10.3. The van der Waals surface area contributed by atoms with E-state index >= 15 is 0 Å². The van der Waals surface area contributed by atoms with Crippen LogP contribution in [0.15, 0.2) is 12.1 Å². The second-order valence-electron chi connectivity index (χ2n) is 5.48. The molecule has 5 nitrogen and oxygen atoms in total. The molecule has 0 atom stereocenters. The summed E-state index contributed by atoms with van der Waals surface area (Å²) in [6.07, 6.45) is 1.14. The number of likely N-dealkylation sites (tertiary alicyclic amines) is 1. The fourth-order valence-corrected chi connectivity index (χ4v) is 2.70. The molecule has 21 heavy (non-hydrogen) atoms. The molecule has 0 bridgehead atoms. The highest BCUT2D eigenvalue weighted by molar-refractivity contribution is 6.32. The van der Waals surface area contributed by atoms with Gasteiger partial charge in [0.1, 0.15) is 0 Å². The van der Waals surface area contributed by atoms with Crippen LogP contribution in [0.4, 0.5) is 0 Å². The van der Waals surface area contributed by atoms with E-state index in [1.54, 1.807) is 24.0 Å². The predicted molar refractivity (Wildman–Crippen MR) is 80.3 cm³/mol. The molecule has 1 aromatic rings. The van der Waals surface area contributed by atoms with Gasteiger partial charge in [0.25, 0.3) is 5.91 Å². The third kappa shape index (κ3) is 3.41. The molecule has 116 valence electrons. The second-order valence-corrected chi connectivity index (χ2v) is 5.89. The van der Waals surface area contributed by atoms with Gasteiger partial charge in [-0.25, -0.2) is 0 Å². The Morgan fingerprint density at radius 1 is 1.29 bits per heavy atom. The Morgan fingerprint density at radius 3 is 2.43 bits per heavy atom. The maximum Gasteiger partial charge on any atom is 0.254 e. The Kier molecular flexibility index (Phi) is 4.64. The van der Waals surface area contributed by atoms with Gasteiger partial charge in [0, 0.05) is 18.7 Å². The van der Waals surface area contributed by atoms with Crippen LogP contribution in [0.3, 0.4) is 0 Å². The van der Waals surface area contributed by atoms with Gasteiger partial charge in [-0.15, -0.1) is 0 Å². The first-order valence-corrected chi connectivity index (χ1v) is 7.19. The van der Waals surface area contributed by atoms with Crippen molar-refractivity contribution in [1.82, 2.24) is 4.90 Å². The number of hydrogen-bond acceptors (Lipinski definition) is 4. The molecule has 1 fully saturated rings. The Labute approximate surface area is 129 Å². The normalized spacial score (nSPS) is 17.5. The molecule has 1 aliphatic heterocycles. The van der Waals surface area contributed by atoms with Crippen LogP contribution in [0.25, 0.3) is 0 Å². The summed E-state index contributed by atoms with van der Waals surface area (Å²) in [4.78, 5) is 14.2. The summed E-state index contributed by atoms with van der Waals surface area (Å²) in [5.74, 6) is 0.725. The maximum absolute atomic E-state index is 12.5. The summed E-state index contributed by atoms with van der Waals surface area (Å²) < 4.78 is 10.4. The van der Waals surface area contributed by atoms with Crippen LogP contribution in [0.2, 0.25) is 5.02 Å². The fraction of sp³-hybridized carbons (Fsp3) is 0.533. The van der Waals surface area contributed by atoms with E-state index in [1.165, 1.54) is 14.2 Å². The first-order chi connectivity index (χ1) is 9.88. The lowest BCUT2D eigenvalue weighted by molar-refractivity contribution is -0.00203. The molecule has 0 unspecified atom stereocenters. The second kappa shape index (κ2) is 6.12. The van der Waals surface area contributed by atoms with E-state index in [9.17, 15) is 9.90 Å². The number of piperidine rings is 1. The van der Waals surface area contributed by atoms with Gasteiger partial charge in [0.15, 0.2) is 11.5 Å². The van der Waals surface area contributed by atoms with E-state index in [4.69, 9.17) is 21.1 Å². The van der Waals surface area contributed by atoms with Crippen molar-refractivity contribution < 1.29 is 19.4 Å². The molecule has 0 spiro atoms. The molecular weight excluding hydrogens is 294 g/mol. The molecule has 2 rings (SSSR count). The molecular formula is C15H20ClNO4. The third-order valence-electron chi connectivity index (χ3n) is 3.81. The van der Waals surface area contributed by atoms with Gasteiger partial charge in [-0.05, 0) is 31.9 Å². The number of halogens is 1. The molecule has 1 aromatic carbocycles. The maximum atomic E-state index is 12.5. The minimum absolute atomic E-state index is 0.117. The smallest absolute Gasteiger partial charge is 0.254 e. The third-order valence-corrected chi connectivity index (χ3v) is 4.09. The van der Waals surface area contributed by atoms with E-state index in [0.717, 1.165) is 0 Å². The van der Waals surface area contributed by atoms with Gasteiger partial charge in [-0.2, -0.15) is 0 Å². The quantitative estimate of drug-likeness (QED) is 0.930. The Hall–Kier alpha value is -1.46. The van der Waals surface area contributed by atoms with E-state index < -0.39 is 5.60 Å². The summed E-state index contributed by atoms with van der Waals surface area (Å²) in [6.45, 7) is 2.84.